The van der Waals surface area contributed by atoms with Crippen molar-refractivity contribution in [2.75, 3.05) is 5.73 Å². The number of hydrogen-bond acceptors (Lipinski definition) is 3. The number of nitrogens with two attached hydrogens (primary N) is 1. The Balaban J connectivity index is 2.47. The van der Waals surface area contributed by atoms with Crippen LogP contribution in [0, 0.1) is 0 Å². The molecule has 1 aromatic heterocycles. The number of benzene rings is 1. The van der Waals surface area contributed by atoms with E-state index in [4.69, 9.17) is 10.3 Å². The molecule has 3 heteroatoms. The first-order valence-electron chi connectivity index (χ1n) is 5.12. The first-order chi connectivity index (χ1) is 7.33. The van der Waals surface area contributed by atoms with Crippen molar-refractivity contribution >= 4 is 5.88 Å². The van der Waals surface area contributed by atoms with Crippen LogP contribution in [0.15, 0.2) is 34.9 Å². The first kappa shape index (κ1) is 9.77. The third-order valence-electron chi connectivity index (χ3n) is 2.34. The van der Waals surface area contributed by atoms with E-state index in [1.165, 1.54) is 0 Å². The Bertz CT molecular complexity index is 434. The molecule has 1 aromatic carbocycles. The van der Waals surface area contributed by atoms with Crippen LogP contribution in [0.1, 0.15) is 19.0 Å². The van der Waals surface area contributed by atoms with Crippen molar-refractivity contribution < 1.29 is 4.52 Å². The van der Waals surface area contributed by atoms with Crippen LogP contribution in [0.25, 0.3) is 11.1 Å². The molecule has 0 fully saturated rings. The normalized spacial score (nSPS) is 10.5. The molecule has 0 aliphatic rings. The highest BCUT2D eigenvalue weighted by molar-refractivity contribution is 5.74. The summed E-state index contributed by atoms with van der Waals surface area (Å²) in [6.45, 7) is 2.11. The number of hydrogen-bond donors (Lipinski definition) is 1. The number of aryl methyl sites for hydroxylation is 1. The Morgan fingerprint density at radius 3 is 2.67 bits per heavy atom. The lowest BCUT2D eigenvalue weighted by Gasteiger charge is -2.00. The van der Waals surface area contributed by atoms with Crippen molar-refractivity contribution in [3.8, 4) is 11.1 Å². The average molecular weight is 202 g/mol. The Kier molecular flexibility index (Phi) is 2.72. The van der Waals surface area contributed by atoms with Gasteiger partial charge in [0.1, 0.15) is 0 Å². The molecule has 2 rings (SSSR count). The highest BCUT2D eigenvalue weighted by Crippen LogP contribution is 2.29. The van der Waals surface area contributed by atoms with Crippen LogP contribution >= 0.6 is 0 Å². The molecule has 0 radical (unpaired) electrons. The zero-order chi connectivity index (χ0) is 10.7. The molecule has 0 amide bonds. The van der Waals surface area contributed by atoms with Gasteiger partial charge in [0.05, 0.1) is 11.3 Å². The molecule has 78 valence electrons. The molecule has 0 unspecified atom stereocenters. The molecule has 0 bridgehead atoms. The minimum atomic E-state index is 0.407. The number of nitrogen functional groups attached to an aromatic ring is 1. The maximum absolute atomic E-state index is 5.77. The van der Waals surface area contributed by atoms with Gasteiger partial charge in [-0.05, 0) is 12.0 Å². The monoisotopic (exact) mass is 202 g/mol. The molecular weight excluding hydrogens is 188 g/mol. The summed E-state index contributed by atoms with van der Waals surface area (Å²) < 4.78 is 5.03. The van der Waals surface area contributed by atoms with Crippen LogP contribution in [-0.2, 0) is 6.42 Å². The fraction of sp³-hybridized carbons (Fsp3) is 0.250. The fourth-order valence-corrected chi connectivity index (χ4v) is 1.66. The summed E-state index contributed by atoms with van der Waals surface area (Å²) in [7, 11) is 0. The zero-order valence-electron chi connectivity index (χ0n) is 8.73. The lowest BCUT2D eigenvalue weighted by Crippen LogP contribution is -1.90. The van der Waals surface area contributed by atoms with E-state index in [1.807, 2.05) is 30.3 Å². The van der Waals surface area contributed by atoms with Crippen LogP contribution in [0.5, 0.6) is 0 Å². The topological polar surface area (TPSA) is 52.0 Å². The lowest BCUT2D eigenvalue weighted by molar-refractivity contribution is 0.427. The molecule has 0 saturated heterocycles. The smallest absolute Gasteiger partial charge is 0.230 e. The maximum atomic E-state index is 5.77. The van der Waals surface area contributed by atoms with E-state index in [2.05, 4.69) is 12.1 Å². The molecule has 2 aromatic rings. The molecule has 3 nitrogen and oxygen atoms in total. The van der Waals surface area contributed by atoms with Gasteiger partial charge in [-0.25, -0.2) is 0 Å². The molecule has 0 aliphatic heterocycles. The summed E-state index contributed by atoms with van der Waals surface area (Å²) in [6, 6.07) is 9.98. The largest absolute Gasteiger partial charge is 0.367 e. The molecule has 0 saturated carbocycles. The van der Waals surface area contributed by atoms with Gasteiger partial charge in [-0.15, -0.1) is 0 Å². The van der Waals surface area contributed by atoms with E-state index in [0.717, 1.165) is 29.7 Å². The van der Waals surface area contributed by atoms with Crippen molar-refractivity contribution in [1.29, 1.82) is 0 Å². The number of rotatable bonds is 3. The number of aromatic nitrogens is 1. The van der Waals surface area contributed by atoms with Crippen LogP contribution in [0.3, 0.4) is 0 Å². The molecule has 2 N–H and O–H groups in total. The predicted molar refractivity (Wildman–Crippen MR) is 60.3 cm³/mol. The summed E-state index contributed by atoms with van der Waals surface area (Å²) in [5.41, 5.74) is 8.73. The Morgan fingerprint density at radius 2 is 2.00 bits per heavy atom. The summed E-state index contributed by atoms with van der Waals surface area (Å²) in [5, 5.41) is 3.98. The standard InChI is InChI=1S/C12H14N2O/c1-2-6-10-11(12(13)15-14-10)9-7-4-3-5-8-9/h3-5,7-8H,2,6,13H2,1H3. The van der Waals surface area contributed by atoms with E-state index in [1.54, 1.807) is 0 Å². The van der Waals surface area contributed by atoms with Crippen molar-refractivity contribution in [2.45, 2.75) is 19.8 Å². The van der Waals surface area contributed by atoms with Crippen LogP contribution < -0.4 is 5.73 Å². The molecule has 1 heterocycles. The second-order valence-corrected chi connectivity index (χ2v) is 3.48. The second kappa shape index (κ2) is 4.17. The molecule has 0 atom stereocenters. The molecule has 15 heavy (non-hydrogen) atoms. The SMILES string of the molecule is CCCc1noc(N)c1-c1ccccc1. The summed E-state index contributed by atoms with van der Waals surface area (Å²) in [6.07, 6.45) is 1.93. The first-order valence-corrected chi connectivity index (χ1v) is 5.12. The summed E-state index contributed by atoms with van der Waals surface area (Å²) in [4.78, 5) is 0. The van der Waals surface area contributed by atoms with Crippen molar-refractivity contribution in [1.82, 2.24) is 5.16 Å². The number of anilines is 1. The second-order valence-electron chi connectivity index (χ2n) is 3.48. The van der Waals surface area contributed by atoms with Crippen LogP contribution in [0.2, 0.25) is 0 Å². The van der Waals surface area contributed by atoms with Gasteiger partial charge in [-0.2, -0.15) is 0 Å². The lowest BCUT2D eigenvalue weighted by atomic mass is 10.0. The van der Waals surface area contributed by atoms with E-state index < -0.39 is 0 Å². The van der Waals surface area contributed by atoms with E-state index in [9.17, 15) is 0 Å². The highest BCUT2D eigenvalue weighted by atomic mass is 16.5. The quantitative estimate of drug-likeness (QED) is 0.832. The van der Waals surface area contributed by atoms with Gasteiger partial charge < -0.3 is 10.3 Å². The summed E-state index contributed by atoms with van der Waals surface area (Å²) >= 11 is 0. The minimum absolute atomic E-state index is 0.407. The van der Waals surface area contributed by atoms with Crippen LogP contribution in [0.4, 0.5) is 5.88 Å². The van der Waals surface area contributed by atoms with Gasteiger partial charge in [0, 0.05) is 0 Å². The summed E-state index contributed by atoms with van der Waals surface area (Å²) in [5.74, 6) is 0.407. The van der Waals surface area contributed by atoms with E-state index >= 15 is 0 Å². The van der Waals surface area contributed by atoms with Crippen molar-refractivity contribution in [3.05, 3.63) is 36.0 Å². The molecular formula is C12H14N2O. The highest BCUT2D eigenvalue weighted by Gasteiger charge is 2.14. The van der Waals surface area contributed by atoms with Crippen LogP contribution in [-0.4, -0.2) is 5.16 Å². The van der Waals surface area contributed by atoms with Crippen molar-refractivity contribution in [2.24, 2.45) is 0 Å². The van der Waals surface area contributed by atoms with Crippen molar-refractivity contribution in [3.63, 3.8) is 0 Å². The van der Waals surface area contributed by atoms with Gasteiger partial charge in [0.25, 0.3) is 0 Å². The number of nitrogens with zero attached hydrogens (tertiary/aromatic N) is 1. The average Bonchev–Trinajstić information content (AvgIpc) is 2.62. The minimum Gasteiger partial charge on any atom is -0.367 e. The maximum Gasteiger partial charge on any atom is 0.230 e. The van der Waals surface area contributed by atoms with E-state index in [0.29, 0.717) is 5.88 Å². The third kappa shape index (κ3) is 1.86. The Morgan fingerprint density at radius 1 is 1.27 bits per heavy atom. The van der Waals surface area contributed by atoms with Gasteiger partial charge >= 0.3 is 0 Å². The van der Waals surface area contributed by atoms with Gasteiger partial charge in [0.2, 0.25) is 5.88 Å². The molecule has 0 spiro atoms. The van der Waals surface area contributed by atoms with Gasteiger partial charge in [0.15, 0.2) is 0 Å². The Hall–Kier alpha value is -1.77. The third-order valence-corrected chi connectivity index (χ3v) is 2.34. The zero-order valence-corrected chi connectivity index (χ0v) is 8.73. The Labute approximate surface area is 88.9 Å². The predicted octanol–water partition coefficient (Wildman–Crippen LogP) is 2.88. The van der Waals surface area contributed by atoms with Gasteiger partial charge in [-0.3, -0.25) is 0 Å². The van der Waals surface area contributed by atoms with E-state index in [-0.39, 0.29) is 0 Å². The molecule has 0 aliphatic carbocycles. The fourth-order valence-electron chi connectivity index (χ4n) is 1.66. The van der Waals surface area contributed by atoms with Gasteiger partial charge in [-0.1, -0.05) is 48.8 Å².